The van der Waals surface area contributed by atoms with Crippen LogP contribution in [-0.4, -0.2) is 3.21 Å². The van der Waals surface area contributed by atoms with Crippen LogP contribution >= 0.6 is 0 Å². The molecule has 0 saturated carbocycles. The summed E-state index contributed by atoms with van der Waals surface area (Å²) in [7, 11) is 0. The van der Waals surface area contributed by atoms with Crippen molar-refractivity contribution in [3.8, 4) is 0 Å². The average molecular weight is 617 g/mol. The van der Waals surface area contributed by atoms with Gasteiger partial charge in [0.25, 0.3) is 0 Å². The summed E-state index contributed by atoms with van der Waals surface area (Å²) in [5.41, 5.74) is 6.29. The predicted molar refractivity (Wildman–Crippen MR) is 155 cm³/mol. The first kappa shape index (κ1) is 36.1. The molecule has 0 bridgehead atoms. The number of allylic oxidation sites excluding steroid dienone is 4. The summed E-state index contributed by atoms with van der Waals surface area (Å²) in [6.45, 7) is 26.8. The van der Waals surface area contributed by atoms with E-state index in [1.54, 1.807) is 24.2 Å². The first-order chi connectivity index (χ1) is 15.9. The van der Waals surface area contributed by atoms with Crippen molar-refractivity contribution in [1.29, 1.82) is 0 Å². The second kappa shape index (κ2) is 14.0. The van der Waals surface area contributed by atoms with E-state index in [2.05, 4.69) is 138 Å². The number of rotatable bonds is 0. The van der Waals surface area contributed by atoms with Gasteiger partial charge in [-0.25, -0.2) is 11.1 Å². The maximum atomic E-state index is 3.37. The van der Waals surface area contributed by atoms with Crippen molar-refractivity contribution in [3.63, 3.8) is 0 Å². The minimum atomic E-state index is 0. The van der Waals surface area contributed by atoms with E-state index < -0.39 is 0 Å². The Morgan fingerprint density at radius 3 is 1.35 bits per heavy atom. The quantitative estimate of drug-likeness (QED) is 0.333. The molecule has 37 heavy (non-hydrogen) atoms. The average Bonchev–Trinajstić information content (AvgIpc) is 3.28. The fourth-order valence-electron chi connectivity index (χ4n) is 4.34. The number of hydrogen-bond donors (Lipinski definition) is 0. The number of fused-ring (bicyclic) bond motifs is 3. The first-order valence-electron chi connectivity index (χ1n) is 12.9. The van der Waals surface area contributed by atoms with E-state index in [9.17, 15) is 0 Å². The van der Waals surface area contributed by atoms with Gasteiger partial charge >= 0.3 is 41.3 Å². The molecule has 1 aliphatic rings. The van der Waals surface area contributed by atoms with E-state index in [4.69, 9.17) is 0 Å². The molecule has 1 aliphatic carbocycles. The smallest absolute Gasteiger partial charge is 1.00 e. The Balaban J connectivity index is 0.000000684. The van der Waals surface area contributed by atoms with Crippen molar-refractivity contribution in [3.05, 3.63) is 76.9 Å². The van der Waals surface area contributed by atoms with Gasteiger partial charge in [0.15, 0.2) is 0 Å². The SMILES string of the molecule is CC(C)(C)c1ccc2[cH-]c3ccc(C(C)(C)C)cc3c2c1.CC1=CC[C-]=C1C(C)(C)C.C[C](C)=[Zr+2].[Cl-].[Cl-]. The van der Waals surface area contributed by atoms with Crippen LogP contribution in [0.2, 0.25) is 0 Å². The van der Waals surface area contributed by atoms with Gasteiger partial charge in [0.2, 0.25) is 0 Å². The third-order valence-corrected chi connectivity index (χ3v) is 6.27. The molecule has 0 spiro atoms. The molecule has 0 nitrogen and oxygen atoms in total. The molecule has 4 rings (SSSR count). The maximum absolute atomic E-state index is 3.37. The Morgan fingerprint density at radius 2 is 1.11 bits per heavy atom. The fourth-order valence-corrected chi connectivity index (χ4v) is 4.34. The molecule has 202 valence electrons. The van der Waals surface area contributed by atoms with Gasteiger partial charge in [-0.15, -0.1) is 53.1 Å². The molecule has 0 unspecified atom stereocenters. The van der Waals surface area contributed by atoms with Gasteiger partial charge in [-0.05, 0) is 16.2 Å². The first-order valence-corrected chi connectivity index (χ1v) is 14.1. The summed E-state index contributed by atoms with van der Waals surface area (Å²) in [5, 5.41) is 5.49. The Hall–Kier alpha value is -0.877. The molecular weight excluding hydrogens is 571 g/mol. The molecule has 3 aromatic carbocycles. The minimum Gasteiger partial charge on any atom is -1.00 e. The Labute approximate surface area is 254 Å². The van der Waals surface area contributed by atoms with Crippen LogP contribution in [0.5, 0.6) is 0 Å². The predicted octanol–water partition coefficient (Wildman–Crippen LogP) is 4.17. The van der Waals surface area contributed by atoms with Crippen molar-refractivity contribution >= 4 is 24.8 Å². The van der Waals surface area contributed by atoms with Crippen LogP contribution in [-0.2, 0) is 35.1 Å². The van der Waals surface area contributed by atoms with Crippen LogP contribution in [0.4, 0.5) is 0 Å². The molecule has 0 radical (unpaired) electrons. The van der Waals surface area contributed by atoms with Crippen LogP contribution < -0.4 is 24.8 Å². The third kappa shape index (κ3) is 10.3. The molecule has 0 heterocycles. The molecule has 0 aromatic heterocycles. The molecule has 0 N–H and O–H groups in total. The van der Waals surface area contributed by atoms with Crippen LogP contribution in [0.25, 0.3) is 21.5 Å². The number of halogens is 2. The van der Waals surface area contributed by atoms with Crippen LogP contribution in [0.15, 0.2) is 59.7 Å². The van der Waals surface area contributed by atoms with Gasteiger partial charge < -0.3 is 24.8 Å². The van der Waals surface area contributed by atoms with E-state index >= 15 is 0 Å². The van der Waals surface area contributed by atoms with Gasteiger partial charge in [0.1, 0.15) is 0 Å². The summed E-state index contributed by atoms with van der Waals surface area (Å²) < 4.78 is 1.51. The monoisotopic (exact) mass is 614 g/mol. The number of hydrogen-bond acceptors (Lipinski definition) is 0. The van der Waals surface area contributed by atoms with E-state index in [0.717, 1.165) is 6.42 Å². The van der Waals surface area contributed by atoms with E-state index in [-0.39, 0.29) is 41.1 Å². The molecule has 0 atom stereocenters. The van der Waals surface area contributed by atoms with Crippen molar-refractivity contribution in [2.45, 2.75) is 100 Å². The van der Waals surface area contributed by atoms with Crippen LogP contribution in [0, 0.1) is 11.5 Å². The Bertz CT molecular complexity index is 1180. The number of benzene rings is 2. The summed E-state index contributed by atoms with van der Waals surface area (Å²) >= 11 is 1.55. The zero-order valence-corrected chi connectivity index (χ0v) is 29.1. The van der Waals surface area contributed by atoms with Crippen molar-refractivity contribution in [1.82, 2.24) is 0 Å². The summed E-state index contributed by atoms with van der Waals surface area (Å²) in [4.78, 5) is 0. The molecule has 0 amide bonds. The van der Waals surface area contributed by atoms with Gasteiger partial charge in [-0.2, -0.15) is 6.08 Å². The summed E-state index contributed by atoms with van der Waals surface area (Å²) in [5.74, 6) is 0. The minimum absolute atomic E-state index is 0. The largest absolute Gasteiger partial charge is 1.00 e. The molecule has 0 saturated heterocycles. The normalized spacial score (nSPS) is 13.4. The second-order valence-electron chi connectivity index (χ2n) is 13.1. The van der Waals surface area contributed by atoms with E-state index in [0.29, 0.717) is 0 Å². The van der Waals surface area contributed by atoms with Crippen LogP contribution in [0.1, 0.15) is 101 Å². The Kier molecular flexibility index (Phi) is 13.6. The van der Waals surface area contributed by atoms with Gasteiger partial charge in [-0.3, -0.25) is 6.08 Å². The van der Waals surface area contributed by atoms with Crippen molar-refractivity contribution in [2.75, 3.05) is 0 Å². The topological polar surface area (TPSA) is 0 Å². The van der Waals surface area contributed by atoms with Gasteiger partial charge in [0, 0.05) is 0 Å². The summed E-state index contributed by atoms with van der Waals surface area (Å²) in [6.07, 6.45) is 6.62. The summed E-state index contributed by atoms with van der Waals surface area (Å²) in [6, 6.07) is 16.1. The third-order valence-electron chi connectivity index (χ3n) is 6.27. The molecule has 0 aliphatic heterocycles. The fraction of sp³-hybridized carbons (Fsp3) is 0.471. The molecule has 3 heteroatoms. The zero-order chi connectivity index (χ0) is 26.8. The standard InChI is InChI=1S/C21H25.C10H15.C3H6.2ClH.Zr/c1-20(2,3)16-9-7-14-11-15-8-10-17(21(4,5)6)13-19(15)18(14)12-16;1-8-6-5-7-9(8)10(2,3)4;1-3-2;;;/h7-13H,1-6H3;6H,5H2,1-4H3;1-2H3;2*1H;/q2*-1;;;;+2/p-2. The second-order valence-corrected chi connectivity index (χ2v) is 15.6. The van der Waals surface area contributed by atoms with Crippen molar-refractivity contribution in [2.24, 2.45) is 5.41 Å². The van der Waals surface area contributed by atoms with Crippen LogP contribution in [0.3, 0.4) is 0 Å². The Morgan fingerprint density at radius 1 is 0.730 bits per heavy atom. The van der Waals surface area contributed by atoms with Crippen molar-refractivity contribution < 1.29 is 49.0 Å². The van der Waals surface area contributed by atoms with Gasteiger partial charge in [0.05, 0.1) is 0 Å². The zero-order valence-electron chi connectivity index (χ0n) is 25.1. The molecular formula is C34H46Cl2Zr-2. The van der Waals surface area contributed by atoms with Gasteiger partial charge in [-0.1, -0.05) is 97.7 Å². The maximum Gasteiger partial charge on any atom is -1.00 e. The molecule has 3 aromatic rings. The molecule has 0 fully saturated rings. The van der Waals surface area contributed by atoms with E-state index in [1.165, 1.54) is 47.0 Å². The van der Waals surface area contributed by atoms with E-state index in [1.807, 2.05) is 0 Å².